The number of likely N-dealkylation sites (tertiary alicyclic amines) is 1. The molecule has 126 valence electrons. The molecular formula is C19H22FN3O. The maximum Gasteiger partial charge on any atom is 0.223 e. The van der Waals surface area contributed by atoms with Crippen LogP contribution in [0, 0.1) is 12.7 Å². The molecule has 0 N–H and O–H groups in total. The lowest BCUT2D eigenvalue weighted by Crippen LogP contribution is -2.44. The number of rotatable bonds is 4. The van der Waals surface area contributed by atoms with Gasteiger partial charge in [0.15, 0.2) is 5.82 Å². The first-order valence-electron chi connectivity index (χ1n) is 8.35. The van der Waals surface area contributed by atoms with Crippen molar-refractivity contribution in [1.82, 2.24) is 14.9 Å². The Bertz CT molecular complexity index is 749. The minimum atomic E-state index is -0.474. The Morgan fingerprint density at radius 3 is 2.88 bits per heavy atom. The normalized spacial score (nSPS) is 20.4. The largest absolute Gasteiger partial charge is 0.330 e. The van der Waals surface area contributed by atoms with E-state index in [1.165, 1.54) is 6.07 Å². The number of carbonyl (C=O) groups excluding carboxylic acids is 1. The van der Waals surface area contributed by atoms with Crippen LogP contribution >= 0.6 is 0 Å². The molecule has 0 bridgehead atoms. The second-order valence-corrected chi connectivity index (χ2v) is 6.54. The molecule has 0 saturated carbocycles. The van der Waals surface area contributed by atoms with Gasteiger partial charge < -0.3 is 4.90 Å². The zero-order valence-electron chi connectivity index (χ0n) is 14.1. The second kappa shape index (κ2) is 6.67. The third-order valence-electron chi connectivity index (χ3n) is 4.78. The fraction of sp³-hybridized carbons (Fsp3) is 0.421. The van der Waals surface area contributed by atoms with Gasteiger partial charge in [-0.15, -0.1) is 0 Å². The average molecular weight is 327 g/mol. The van der Waals surface area contributed by atoms with E-state index in [9.17, 15) is 9.18 Å². The van der Waals surface area contributed by atoms with Gasteiger partial charge in [0, 0.05) is 24.9 Å². The van der Waals surface area contributed by atoms with Crippen molar-refractivity contribution in [2.75, 3.05) is 6.54 Å². The summed E-state index contributed by atoms with van der Waals surface area (Å²) >= 11 is 0. The van der Waals surface area contributed by atoms with Gasteiger partial charge in [0.2, 0.25) is 5.91 Å². The highest BCUT2D eigenvalue weighted by molar-refractivity contribution is 5.77. The van der Waals surface area contributed by atoms with Gasteiger partial charge in [-0.1, -0.05) is 18.2 Å². The summed E-state index contributed by atoms with van der Waals surface area (Å²) < 4.78 is 13.7. The predicted octanol–water partition coefficient (Wildman–Crippen LogP) is 3.39. The van der Waals surface area contributed by atoms with Gasteiger partial charge in [-0.3, -0.25) is 4.79 Å². The zero-order valence-corrected chi connectivity index (χ0v) is 14.1. The van der Waals surface area contributed by atoms with E-state index in [4.69, 9.17) is 0 Å². The van der Waals surface area contributed by atoms with Crippen molar-refractivity contribution in [3.05, 3.63) is 59.4 Å². The van der Waals surface area contributed by atoms with Crippen LogP contribution < -0.4 is 0 Å². The van der Waals surface area contributed by atoms with Crippen molar-refractivity contribution in [1.29, 1.82) is 0 Å². The topological polar surface area (TPSA) is 46.1 Å². The highest BCUT2D eigenvalue weighted by atomic mass is 19.1. The zero-order chi connectivity index (χ0) is 17.2. The van der Waals surface area contributed by atoms with Crippen LogP contribution in [0.1, 0.15) is 43.3 Å². The van der Waals surface area contributed by atoms with E-state index in [1.807, 2.05) is 24.8 Å². The minimum Gasteiger partial charge on any atom is -0.330 e. The summed E-state index contributed by atoms with van der Waals surface area (Å²) in [7, 11) is 0. The molecule has 4 nitrogen and oxygen atoms in total. The molecule has 1 saturated heterocycles. The first kappa shape index (κ1) is 16.6. The second-order valence-electron chi connectivity index (χ2n) is 6.54. The van der Waals surface area contributed by atoms with E-state index in [-0.39, 0.29) is 11.7 Å². The molecule has 2 heterocycles. The van der Waals surface area contributed by atoms with Gasteiger partial charge in [-0.05, 0) is 50.8 Å². The van der Waals surface area contributed by atoms with Crippen molar-refractivity contribution in [2.24, 2.45) is 0 Å². The van der Waals surface area contributed by atoms with Crippen LogP contribution in [0.4, 0.5) is 4.39 Å². The number of halogens is 1. The fourth-order valence-corrected chi connectivity index (χ4v) is 3.38. The molecule has 0 radical (unpaired) electrons. The van der Waals surface area contributed by atoms with Gasteiger partial charge in [0.05, 0.1) is 5.54 Å². The van der Waals surface area contributed by atoms with E-state index in [1.54, 1.807) is 24.4 Å². The molecule has 1 fully saturated rings. The lowest BCUT2D eigenvalue weighted by Gasteiger charge is -2.34. The third-order valence-corrected chi connectivity index (χ3v) is 4.78. The SMILES string of the molecule is Cc1ccnc([C@]2(C)CCCN2C(=O)CCc2ccccc2F)n1. The van der Waals surface area contributed by atoms with E-state index in [2.05, 4.69) is 9.97 Å². The molecule has 0 spiro atoms. The Kier molecular flexibility index (Phi) is 4.60. The van der Waals surface area contributed by atoms with Crippen molar-refractivity contribution < 1.29 is 9.18 Å². The van der Waals surface area contributed by atoms with Crippen LogP contribution in [0.2, 0.25) is 0 Å². The number of carbonyl (C=O) groups is 1. The Balaban J connectivity index is 1.75. The van der Waals surface area contributed by atoms with E-state index in [0.717, 1.165) is 18.5 Å². The summed E-state index contributed by atoms with van der Waals surface area (Å²) in [4.78, 5) is 23.5. The molecule has 1 aliphatic heterocycles. The van der Waals surface area contributed by atoms with Gasteiger partial charge in [0.1, 0.15) is 5.82 Å². The average Bonchev–Trinajstić information content (AvgIpc) is 2.97. The first-order chi connectivity index (χ1) is 11.5. The maximum atomic E-state index is 13.7. The standard InChI is InChI=1S/C19H22FN3O/c1-14-10-12-21-18(22-14)19(2)11-5-13-23(19)17(24)9-8-15-6-3-4-7-16(15)20/h3-4,6-7,10,12H,5,8-9,11,13H2,1-2H3/t19-/m0/s1. The molecule has 1 aromatic heterocycles. The van der Waals surface area contributed by atoms with Gasteiger partial charge >= 0.3 is 0 Å². The van der Waals surface area contributed by atoms with Crippen LogP contribution in [-0.2, 0) is 16.8 Å². The van der Waals surface area contributed by atoms with Crippen LogP contribution in [0.5, 0.6) is 0 Å². The number of aryl methyl sites for hydroxylation is 2. The summed E-state index contributed by atoms with van der Waals surface area (Å²) in [5.41, 5.74) is 1.00. The van der Waals surface area contributed by atoms with Crippen LogP contribution in [0.25, 0.3) is 0 Å². The van der Waals surface area contributed by atoms with Gasteiger partial charge in [0.25, 0.3) is 0 Å². The van der Waals surface area contributed by atoms with E-state index < -0.39 is 5.54 Å². The van der Waals surface area contributed by atoms with Crippen molar-refractivity contribution in [2.45, 2.75) is 45.1 Å². The monoisotopic (exact) mass is 327 g/mol. The quantitative estimate of drug-likeness (QED) is 0.865. The lowest BCUT2D eigenvalue weighted by molar-refractivity contribution is -0.135. The number of hydrogen-bond donors (Lipinski definition) is 0. The molecule has 2 aromatic rings. The van der Waals surface area contributed by atoms with E-state index in [0.29, 0.717) is 30.8 Å². The smallest absolute Gasteiger partial charge is 0.223 e. The molecule has 0 aliphatic carbocycles. The number of nitrogens with zero attached hydrogens (tertiary/aromatic N) is 3. The molecule has 0 unspecified atom stereocenters. The predicted molar refractivity (Wildman–Crippen MR) is 89.8 cm³/mol. The Labute approximate surface area is 141 Å². The molecule has 24 heavy (non-hydrogen) atoms. The Morgan fingerprint density at radius 1 is 1.33 bits per heavy atom. The first-order valence-corrected chi connectivity index (χ1v) is 8.35. The van der Waals surface area contributed by atoms with Gasteiger partial charge in [-0.25, -0.2) is 14.4 Å². The fourth-order valence-electron chi connectivity index (χ4n) is 3.38. The van der Waals surface area contributed by atoms with Crippen molar-refractivity contribution in [3.8, 4) is 0 Å². The molecule has 1 amide bonds. The van der Waals surface area contributed by atoms with Crippen LogP contribution in [0.3, 0.4) is 0 Å². The number of benzene rings is 1. The highest BCUT2D eigenvalue weighted by Crippen LogP contribution is 2.37. The molecule has 1 atom stereocenters. The number of hydrogen-bond acceptors (Lipinski definition) is 3. The van der Waals surface area contributed by atoms with Crippen molar-refractivity contribution in [3.63, 3.8) is 0 Å². The molecular weight excluding hydrogens is 305 g/mol. The summed E-state index contributed by atoms with van der Waals surface area (Å²) in [5, 5.41) is 0. The Hall–Kier alpha value is -2.30. The third kappa shape index (κ3) is 3.16. The number of amides is 1. The summed E-state index contributed by atoms with van der Waals surface area (Å²) in [6.45, 7) is 4.65. The van der Waals surface area contributed by atoms with Gasteiger partial charge in [-0.2, -0.15) is 0 Å². The Morgan fingerprint density at radius 2 is 2.12 bits per heavy atom. The van der Waals surface area contributed by atoms with E-state index >= 15 is 0 Å². The summed E-state index contributed by atoms with van der Waals surface area (Å²) in [5.74, 6) is 0.471. The highest BCUT2D eigenvalue weighted by Gasteiger charge is 2.43. The summed E-state index contributed by atoms with van der Waals surface area (Å²) in [6.07, 6.45) is 4.22. The summed E-state index contributed by atoms with van der Waals surface area (Å²) in [6, 6.07) is 8.47. The number of aromatic nitrogens is 2. The van der Waals surface area contributed by atoms with Crippen LogP contribution in [-0.4, -0.2) is 27.3 Å². The molecule has 1 aromatic carbocycles. The lowest BCUT2D eigenvalue weighted by atomic mass is 9.96. The molecule has 1 aliphatic rings. The minimum absolute atomic E-state index is 0.0309. The van der Waals surface area contributed by atoms with Crippen LogP contribution in [0.15, 0.2) is 36.5 Å². The molecule has 3 rings (SSSR count). The maximum absolute atomic E-state index is 13.7. The molecule has 5 heteroatoms. The van der Waals surface area contributed by atoms with Crippen molar-refractivity contribution >= 4 is 5.91 Å².